The molecule has 0 N–H and O–H groups in total. The first-order valence-electron chi connectivity index (χ1n) is 15.2. The maximum Gasteiger partial charge on any atom is 0.184 e. The summed E-state index contributed by atoms with van der Waals surface area (Å²) >= 11 is 10.0. The van der Waals surface area contributed by atoms with Gasteiger partial charge >= 0.3 is 0 Å². The molecule has 0 radical (unpaired) electrons. The van der Waals surface area contributed by atoms with E-state index in [9.17, 15) is 0 Å². The molecule has 0 atom stereocenters. The van der Waals surface area contributed by atoms with Gasteiger partial charge in [0, 0.05) is 22.9 Å². The molecule has 3 nitrogen and oxygen atoms in total. The number of ether oxygens (including phenoxy) is 1. The van der Waals surface area contributed by atoms with Crippen LogP contribution in [0.25, 0.3) is 0 Å². The quantitative estimate of drug-likeness (QED) is 0.112. The summed E-state index contributed by atoms with van der Waals surface area (Å²) in [6.07, 6.45) is 16.4. The highest BCUT2D eigenvalue weighted by molar-refractivity contribution is 7.98. The lowest BCUT2D eigenvalue weighted by Gasteiger charge is -2.38. The minimum absolute atomic E-state index is 0.495. The van der Waals surface area contributed by atoms with E-state index in [1.54, 1.807) is 0 Å². The van der Waals surface area contributed by atoms with Crippen LogP contribution in [0.4, 0.5) is 11.4 Å². The highest BCUT2D eigenvalue weighted by Crippen LogP contribution is 2.26. The normalized spacial score (nSPS) is 13.8. The molecule has 2 aromatic carbocycles. The minimum Gasteiger partial charge on any atom is -0.340 e. The molecule has 6 heteroatoms. The van der Waals surface area contributed by atoms with E-state index in [2.05, 4.69) is 72.2 Å². The second-order valence-electron chi connectivity index (χ2n) is 10.6. The topological polar surface area (TPSA) is 15.7 Å². The second-order valence-corrected chi connectivity index (χ2v) is 13.2. The molecule has 0 spiro atoms. The summed E-state index contributed by atoms with van der Waals surface area (Å²) in [5.41, 5.74) is 4.94. The molecule has 0 unspecified atom stereocenters. The van der Waals surface area contributed by atoms with Crippen molar-refractivity contribution >= 4 is 52.2 Å². The minimum atomic E-state index is 0.495. The Balaban J connectivity index is 1.40. The predicted octanol–water partition coefficient (Wildman–Crippen LogP) is 10.4. The van der Waals surface area contributed by atoms with Gasteiger partial charge in [-0.1, -0.05) is 102 Å². The number of nitrogens with zero attached hydrogens (tertiary/aromatic N) is 2. The molecule has 2 aromatic rings. The molecule has 1 heterocycles. The molecule has 1 aliphatic heterocycles. The fourth-order valence-electron chi connectivity index (χ4n) is 4.74. The van der Waals surface area contributed by atoms with Crippen LogP contribution >= 0.6 is 35.7 Å². The predicted molar refractivity (Wildman–Crippen MR) is 180 cm³/mol. The van der Waals surface area contributed by atoms with Crippen LogP contribution in [0.5, 0.6) is 0 Å². The highest BCUT2D eigenvalue weighted by atomic mass is 32.2. The van der Waals surface area contributed by atoms with Crippen molar-refractivity contribution in [1.29, 1.82) is 0 Å². The van der Waals surface area contributed by atoms with Crippen molar-refractivity contribution in [2.24, 2.45) is 0 Å². The summed E-state index contributed by atoms with van der Waals surface area (Å²) in [7, 11) is 0. The number of unbranched alkanes of at least 4 members (excludes halogenated alkanes) is 10. The molecule has 0 aromatic heterocycles. The lowest BCUT2D eigenvalue weighted by atomic mass is 10.1. The lowest BCUT2D eigenvalue weighted by molar-refractivity contribution is 0.138. The van der Waals surface area contributed by atoms with Crippen molar-refractivity contribution in [2.75, 3.05) is 34.8 Å². The van der Waals surface area contributed by atoms with Crippen LogP contribution in [0.1, 0.15) is 102 Å². The van der Waals surface area contributed by atoms with Gasteiger partial charge < -0.3 is 4.74 Å². The van der Waals surface area contributed by atoms with E-state index in [0.29, 0.717) is 13.5 Å². The number of thioether (sulfide) groups is 2. The molecule has 0 bridgehead atoms. The molecular formula is C33H50N2OS3. The monoisotopic (exact) mass is 586 g/mol. The zero-order chi connectivity index (χ0) is 27.5. The Morgan fingerprint density at radius 1 is 0.590 bits per heavy atom. The summed E-state index contributed by atoms with van der Waals surface area (Å²) in [4.78, 5) is 4.19. The molecule has 0 aliphatic carbocycles. The maximum absolute atomic E-state index is 5.94. The third-order valence-corrected chi connectivity index (χ3v) is 9.89. The Morgan fingerprint density at radius 3 is 1.38 bits per heavy atom. The van der Waals surface area contributed by atoms with E-state index < -0.39 is 0 Å². The van der Waals surface area contributed by atoms with Crippen molar-refractivity contribution in [3.63, 3.8) is 0 Å². The van der Waals surface area contributed by atoms with Gasteiger partial charge in [0.15, 0.2) is 5.11 Å². The third-order valence-electron chi connectivity index (χ3n) is 7.22. The first kappa shape index (κ1) is 32.3. The molecular weight excluding hydrogens is 537 g/mol. The van der Waals surface area contributed by atoms with Gasteiger partial charge in [0.1, 0.15) is 13.5 Å². The Bertz CT molecular complexity index is 846. The van der Waals surface area contributed by atoms with Crippen molar-refractivity contribution in [2.45, 2.75) is 102 Å². The van der Waals surface area contributed by atoms with E-state index in [1.807, 2.05) is 23.5 Å². The average molecular weight is 587 g/mol. The van der Waals surface area contributed by atoms with Gasteiger partial charge in [-0.25, -0.2) is 0 Å². The van der Waals surface area contributed by atoms with Crippen LogP contribution in [0.3, 0.4) is 0 Å². The smallest absolute Gasteiger partial charge is 0.184 e. The van der Waals surface area contributed by atoms with Crippen LogP contribution in [-0.4, -0.2) is 30.1 Å². The molecule has 39 heavy (non-hydrogen) atoms. The Morgan fingerprint density at radius 2 is 0.974 bits per heavy atom. The van der Waals surface area contributed by atoms with Crippen molar-refractivity contribution < 1.29 is 4.74 Å². The lowest BCUT2D eigenvalue weighted by Crippen LogP contribution is -2.50. The van der Waals surface area contributed by atoms with E-state index in [0.717, 1.165) is 28.0 Å². The molecule has 216 valence electrons. The Labute approximate surface area is 252 Å². The zero-order valence-electron chi connectivity index (χ0n) is 24.4. The Hall–Kier alpha value is -1.21. The van der Waals surface area contributed by atoms with Gasteiger partial charge in [-0.15, -0.1) is 0 Å². The van der Waals surface area contributed by atoms with E-state index in [-0.39, 0.29) is 0 Å². The van der Waals surface area contributed by atoms with Gasteiger partial charge in [-0.05, 0) is 72.0 Å². The number of anilines is 2. The summed E-state index contributed by atoms with van der Waals surface area (Å²) in [5.74, 6) is 4.66. The van der Waals surface area contributed by atoms with E-state index in [1.165, 1.54) is 99.7 Å². The SMILES string of the molecule is CCCCCCCCSCc1ccc(N2COCN(c3ccc(CSCCCCCCCC)cc3)C2=S)cc1. The molecule has 1 saturated heterocycles. The Kier molecular flexibility index (Phi) is 16.4. The van der Waals surface area contributed by atoms with Gasteiger partial charge in [-0.3, -0.25) is 9.80 Å². The highest BCUT2D eigenvalue weighted by Gasteiger charge is 2.25. The third kappa shape index (κ3) is 12.0. The maximum atomic E-state index is 5.94. The zero-order valence-corrected chi connectivity index (χ0v) is 26.8. The second kappa shape index (κ2) is 19.8. The molecule has 1 fully saturated rings. The summed E-state index contributed by atoms with van der Waals surface area (Å²) in [5, 5.41) is 0.802. The summed E-state index contributed by atoms with van der Waals surface area (Å²) in [6.45, 7) is 5.54. The number of hydrogen-bond acceptors (Lipinski definition) is 4. The molecule has 1 aliphatic rings. The van der Waals surface area contributed by atoms with E-state index >= 15 is 0 Å². The van der Waals surface area contributed by atoms with Gasteiger partial charge in [-0.2, -0.15) is 23.5 Å². The van der Waals surface area contributed by atoms with Crippen LogP contribution in [0.2, 0.25) is 0 Å². The fraction of sp³-hybridized carbons (Fsp3) is 0.606. The van der Waals surface area contributed by atoms with Crippen molar-refractivity contribution in [3.8, 4) is 0 Å². The van der Waals surface area contributed by atoms with Crippen LogP contribution in [-0.2, 0) is 16.2 Å². The molecule has 3 rings (SSSR count). The van der Waals surface area contributed by atoms with Crippen LogP contribution < -0.4 is 9.80 Å². The molecule has 0 amide bonds. The van der Waals surface area contributed by atoms with Gasteiger partial charge in [0.05, 0.1) is 0 Å². The summed E-state index contributed by atoms with van der Waals surface area (Å²) in [6, 6.07) is 17.7. The number of rotatable bonds is 20. The van der Waals surface area contributed by atoms with Gasteiger partial charge in [0.2, 0.25) is 0 Å². The summed E-state index contributed by atoms with van der Waals surface area (Å²) < 4.78 is 5.94. The number of hydrogen-bond donors (Lipinski definition) is 0. The van der Waals surface area contributed by atoms with Crippen molar-refractivity contribution in [3.05, 3.63) is 59.7 Å². The number of benzene rings is 2. The average Bonchev–Trinajstić information content (AvgIpc) is 2.97. The largest absolute Gasteiger partial charge is 0.340 e. The van der Waals surface area contributed by atoms with E-state index in [4.69, 9.17) is 17.0 Å². The molecule has 0 saturated carbocycles. The van der Waals surface area contributed by atoms with Gasteiger partial charge in [0.25, 0.3) is 0 Å². The van der Waals surface area contributed by atoms with Crippen LogP contribution in [0.15, 0.2) is 48.5 Å². The van der Waals surface area contributed by atoms with Crippen LogP contribution in [0, 0.1) is 0 Å². The standard InChI is InChI=1S/C33H50N2OS3/c1-3-5-7-9-11-13-23-38-25-29-15-19-31(20-16-29)34-27-36-28-35(33(34)37)32-21-17-30(18-22-32)26-39-24-14-12-10-8-6-4-2/h15-22H,3-14,23-28H2,1-2H3. The van der Waals surface area contributed by atoms with Crippen molar-refractivity contribution in [1.82, 2.24) is 0 Å². The fourth-order valence-corrected chi connectivity index (χ4v) is 7.02. The first-order valence-corrected chi connectivity index (χ1v) is 17.9. The first-order chi connectivity index (χ1) is 19.2. The number of thiocarbonyl (C=S) groups is 1.